The van der Waals surface area contributed by atoms with Crippen molar-refractivity contribution in [3.05, 3.63) is 49.8 Å². The van der Waals surface area contributed by atoms with Gasteiger partial charge in [0.05, 0.1) is 16.6 Å². The fourth-order valence-corrected chi connectivity index (χ4v) is 1.50. The minimum atomic E-state index is -0.673. The monoisotopic (exact) mass is 225 g/mol. The Hall–Kier alpha value is -1.88. The zero-order valence-corrected chi connectivity index (χ0v) is 8.02. The van der Waals surface area contributed by atoms with Crippen LogP contribution in [-0.4, -0.2) is 4.92 Å². The van der Waals surface area contributed by atoms with E-state index in [1.807, 2.05) is 0 Å². The third kappa shape index (κ3) is 1.46. The van der Waals surface area contributed by atoms with Crippen LogP contribution >= 0.6 is 11.6 Å². The summed E-state index contributed by atoms with van der Waals surface area (Å²) in [4.78, 5) is 21.4. The highest BCUT2D eigenvalue weighted by Gasteiger charge is 2.20. The fraction of sp³-hybridized carbons (Fsp3) is 0. The highest BCUT2D eigenvalue weighted by molar-refractivity contribution is 6.33. The number of nitro groups is 1. The molecule has 0 aliphatic rings. The molecule has 2 aromatic rings. The van der Waals surface area contributed by atoms with Crippen molar-refractivity contribution in [2.75, 3.05) is 0 Å². The summed E-state index contributed by atoms with van der Waals surface area (Å²) < 4.78 is 4.94. The van der Waals surface area contributed by atoms with E-state index < -0.39 is 4.92 Å². The highest BCUT2D eigenvalue weighted by atomic mass is 35.5. The third-order valence-electron chi connectivity index (χ3n) is 1.94. The molecule has 0 saturated heterocycles. The molecule has 0 fully saturated rings. The second-order valence-electron chi connectivity index (χ2n) is 2.81. The number of hydrogen-bond donors (Lipinski definition) is 0. The molecular weight excluding hydrogens is 222 g/mol. The fourth-order valence-electron chi connectivity index (χ4n) is 1.28. The Labute approximate surface area is 88.0 Å². The van der Waals surface area contributed by atoms with Crippen molar-refractivity contribution in [3.8, 4) is 0 Å². The summed E-state index contributed by atoms with van der Waals surface area (Å²) in [5.41, 5.74) is -0.817. The molecule has 2 rings (SSSR count). The maximum atomic E-state index is 11.3. The number of rotatable bonds is 1. The first-order chi connectivity index (χ1) is 7.11. The maximum Gasteiger partial charge on any atom is 0.330 e. The normalized spacial score (nSPS) is 10.5. The Balaban J connectivity index is 3.01. The quantitative estimate of drug-likeness (QED) is 0.552. The second kappa shape index (κ2) is 3.36. The number of nitrogens with zero attached hydrogens (tertiary/aromatic N) is 1. The molecule has 76 valence electrons. The van der Waals surface area contributed by atoms with E-state index in [2.05, 4.69) is 0 Å². The lowest BCUT2D eigenvalue weighted by Gasteiger charge is -1.98. The van der Waals surface area contributed by atoms with Gasteiger partial charge in [0.25, 0.3) is 0 Å². The van der Waals surface area contributed by atoms with Crippen molar-refractivity contribution in [3.63, 3.8) is 0 Å². The van der Waals surface area contributed by atoms with Gasteiger partial charge in [-0.25, -0.2) is 0 Å². The van der Waals surface area contributed by atoms with E-state index in [0.29, 0.717) is 0 Å². The molecule has 0 unspecified atom stereocenters. The summed E-state index contributed by atoms with van der Waals surface area (Å²) in [6, 6.07) is 3.90. The Morgan fingerprint density at radius 2 is 2.07 bits per heavy atom. The smallest absolute Gasteiger partial charge is 0.330 e. The molecule has 0 N–H and O–H groups in total. The lowest BCUT2D eigenvalue weighted by atomic mass is 10.2. The van der Waals surface area contributed by atoms with E-state index in [1.165, 1.54) is 18.2 Å². The number of hydrogen-bond acceptors (Lipinski definition) is 4. The third-order valence-corrected chi connectivity index (χ3v) is 2.24. The summed E-state index contributed by atoms with van der Waals surface area (Å²) in [5.74, 6) is 0. The van der Waals surface area contributed by atoms with Crippen molar-refractivity contribution in [2.45, 2.75) is 0 Å². The summed E-state index contributed by atoms with van der Waals surface area (Å²) in [5, 5.41) is 10.8. The molecule has 6 heteroatoms. The lowest BCUT2D eigenvalue weighted by molar-refractivity contribution is -0.383. The van der Waals surface area contributed by atoms with Crippen LogP contribution in [0.5, 0.6) is 0 Å². The van der Waals surface area contributed by atoms with Crippen LogP contribution in [0.1, 0.15) is 0 Å². The largest absolute Gasteiger partial charge is 0.457 e. The molecular formula is C9H4ClNO4. The molecule has 0 aliphatic heterocycles. The molecule has 5 nitrogen and oxygen atoms in total. The minimum absolute atomic E-state index is 0.0538. The Kier molecular flexibility index (Phi) is 2.17. The first-order valence-corrected chi connectivity index (χ1v) is 4.33. The highest BCUT2D eigenvalue weighted by Crippen LogP contribution is 2.31. The van der Waals surface area contributed by atoms with E-state index >= 15 is 0 Å². The predicted octanol–water partition coefficient (Wildman–Crippen LogP) is 2.35. The van der Waals surface area contributed by atoms with Gasteiger partial charge in [0.15, 0.2) is 5.43 Å². The number of halogens is 1. The zero-order valence-electron chi connectivity index (χ0n) is 7.27. The number of nitro benzene ring substituents is 1. The molecule has 0 spiro atoms. The van der Waals surface area contributed by atoms with Gasteiger partial charge in [-0.1, -0.05) is 11.6 Å². The van der Waals surface area contributed by atoms with E-state index in [1.54, 1.807) is 0 Å². The van der Waals surface area contributed by atoms with Crippen LogP contribution in [-0.2, 0) is 0 Å². The van der Waals surface area contributed by atoms with Gasteiger partial charge in [-0.05, 0) is 12.1 Å². The van der Waals surface area contributed by atoms with E-state index in [4.69, 9.17) is 16.0 Å². The van der Waals surface area contributed by atoms with E-state index in [9.17, 15) is 14.9 Å². The maximum absolute atomic E-state index is 11.3. The first-order valence-electron chi connectivity index (χ1n) is 3.95. The van der Waals surface area contributed by atoms with Gasteiger partial charge in [0, 0.05) is 6.07 Å². The SMILES string of the molecule is O=c1ccoc2c([N+](=O)[O-])c(Cl)ccc12. The average molecular weight is 226 g/mol. The molecule has 1 aromatic carbocycles. The molecule has 0 saturated carbocycles. The van der Waals surface area contributed by atoms with Crippen LogP contribution in [0.15, 0.2) is 33.7 Å². The summed E-state index contributed by atoms with van der Waals surface area (Å²) in [7, 11) is 0. The summed E-state index contributed by atoms with van der Waals surface area (Å²) in [6.07, 6.45) is 1.11. The standard InChI is InChI=1S/C9H4ClNO4/c10-6-2-1-5-7(12)3-4-15-9(5)8(6)11(13)14/h1-4H. The second-order valence-corrected chi connectivity index (χ2v) is 3.22. The number of benzene rings is 1. The van der Waals surface area contributed by atoms with E-state index in [-0.39, 0.29) is 27.1 Å². The molecule has 0 amide bonds. The Morgan fingerprint density at radius 1 is 1.33 bits per heavy atom. The number of fused-ring (bicyclic) bond motifs is 1. The average Bonchev–Trinajstić information content (AvgIpc) is 2.17. The molecule has 1 heterocycles. The molecule has 0 atom stereocenters. The Bertz CT molecular complexity index is 605. The van der Waals surface area contributed by atoms with Crippen LogP contribution in [0, 0.1) is 10.1 Å². The van der Waals surface area contributed by atoms with Crippen LogP contribution in [0.2, 0.25) is 5.02 Å². The summed E-state index contributed by atoms with van der Waals surface area (Å²) >= 11 is 5.65. The zero-order chi connectivity index (χ0) is 11.0. The molecule has 0 aliphatic carbocycles. The summed E-state index contributed by atoms with van der Waals surface area (Å²) in [6.45, 7) is 0. The van der Waals surface area contributed by atoms with Gasteiger partial charge in [0.1, 0.15) is 5.02 Å². The lowest BCUT2D eigenvalue weighted by Crippen LogP contribution is -2.00. The molecule has 15 heavy (non-hydrogen) atoms. The predicted molar refractivity (Wildman–Crippen MR) is 54.1 cm³/mol. The van der Waals surface area contributed by atoms with Gasteiger partial charge in [-0.3, -0.25) is 14.9 Å². The van der Waals surface area contributed by atoms with Crippen LogP contribution in [0.4, 0.5) is 5.69 Å². The molecule has 0 bridgehead atoms. The molecule has 1 aromatic heterocycles. The van der Waals surface area contributed by atoms with Crippen molar-refractivity contribution < 1.29 is 9.34 Å². The van der Waals surface area contributed by atoms with Crippen molar-refractivity contribution in [1.29, 1.82) is 0 Å². The topological polar surface area (TPSA) is 73.3 Å². The van der Waals surface area contributed by atoms with Crippen LogP contribution in [0.25, 0.3) is 11.0 Å². The first kappa shape index (κ1) is 9.67. The van der Waals surface area contributed by atoms with Gasteiger partial charge in [-0.15, -0.1) is 0 Å². The van der Waals surface area contributed by atoms with Crippen LogP contribution in [0.3, 0.4) is 0 Å². The van der Waals surface area contributed by atoms with Crippen molar-refractivity contribution >= 4 is 28.3 Å². The minimum Gasteiger partial charge on any atom is -0.457 e. The van der Waals surface area contributed by atoms with Crippen LogP contribution < -0.4 is 5.43 Å². The van der Waals surface area contributed by atoms with Crippen molar-refractivity contribution in [2.24, 2.45) is 0 Å². The van der Waals surface area contributed by atoms with E-state index in [0.717, 1.165) is 6.26 Å². The van der Waals surface area contributed by atoms with Gasteiger partial charge in [-0.2, -0.15) is 0 Å². The van der Waals surface area contributed by atoms with Gasteiger partial charge < -0.3 is 4.42 Å². The Morgan fingerprint density at radius 3 is 2.73 bits per heavy atom. The van der Waals surface area contributed by atoms with Gasteiger partial charge >= 0.3 is 5.69 Å². The van der Waals surface area contributed by atoms with Gasteiger partial charge in [0.2, 0.25) is 5.58 Å². The molecule has 0 radical (unpaired) electrons. The van der Waals surface area contributed by atoms with Crippen molar-refractivity contribution in [1.82, 2.24) is 0 Å².